The topological polar surface area (TPSA) is 21.3 Å². The Bertz CT molecular complexity index is 603. The van der Waals surface area contributed by atoms with Crippen LogP contribution in [0.3, 0.4) is 0 Å². The van der Waals surface area contributed by atoms with Crippen LogP contribution in [0.4, 0.5) is 4.39 Å². The van der Waals surface area contributed by atoms with Crippen molar-refractivity contribution in [3.63, 3.8) is 0 Å². The Hall–Kier alpha value is -1.58. The third-order valence-corrected chi connectivity index (χ3v) is 3.74. The SMILES string of the molecule is CCCNC(c1ccccc1OC)c1cccc(F)c1Cl. The minimum absolute atomic E-state index is 0.150. The molecule has 0 aliphatic heterocycles. The molecular weight excluding hydrogens is 289 g/mol. The molecule has 2 aromatic carbocycles. The van der Waals surface area contributed by atoms with Crippen LogP contribution in [0.1, 0.15) is 30.5 Å². The number of rotatable bonds is 6. The zero-order valence-electron chi connectivity index (χ0n) is 12.2. The van der Waals surface area contributed by atoms with Crippen molar-refractivity contribution in [3.8, 4) is 5.75 Å². The first-order valence-corrected chi connectivity index (χ1v) is 7.37. The Morgan fingerprint density at radius 2 is 1.86 bits per heavy atom. The molecule has 0 aromatic heterocycles. The van der Waals surface area contributed by atoms with E-state index in [0.29, 0.717) is 0 Å². The first-order chi connectivity index (χ1) is 10.2. The van der Waals surface area contributed by atoms with Crippen LogP contribution in [-0.2, 0) is 0 Å². The van der Waals surface area contributed by atoms with Crippen molar-refractivity contribution in [1.29, 1.82) is 0 Å². The number of benzene rings is 2. The van der Waals surface area contributed by atoms with Gasteiger partial charge in [-0.2, -0.15) is 0 Å². The van der Waals surface area contributed by atoms with Gasteiger partial charge in [-0.1, -0.05) is 48.9 Å². The van der Waals surface area contributed by atoms with Gasteiger partial charge in [-0.3, -0.25) is 0 Å². The summed E-state index contributed by atoms with van der Waals surface area (Å²) in [5.41, 5.74) is 1.66. The summed E-state index contributed by atoms with van der Waals surface area (Å²) < 4.78 is 19.2. The average molecular weight is 308 g/mol. The molecule has 2 aromatic rings. The minimum Gasteiger partial charge on any atom is -0.496 e. The summed E-state index contributed by atoms with van der Waals surface area (Å²) in [6.07, 6.45) is 0.971. The van der Waals surface area contributed by atoms with Crippen LogP contribution in [0.15, 0.2) is 42.5 Å². The third kappa shape index (κ3) is 3.55. The summed E-state index contributed by atoms with van der Waals surface area (Å²) in [4.78, 5) is 0. The summed E-state index contributed by atoms with van der Waals surface area (Å²) in [5.74, 6) is 0.346. The van der Waals surface area contributed by atoms with Crippen LogP contribution < -0.4 is 10.1 Å². The highest BCUT2D eigenvalue weighted by Gasteiger charge is 2.21. The van der Waals surface area contributed by atoms with Crippen molar-refractivity contribution in [2.75, 3.05) is 13.7 Å². The minimum atomic E-state index is -0.410. The molecular formula is C17H19ClFNO. The molecule has 2 nitrogen and oxygen atoms in total. The van der Waals surface area contributed by atoms with Gasteiger partial charge < -0.3 is 10.1 Å². The molecule has 2 rings (SSSR count). The normalized spacial score (nSPS) is 12.2. The monoisotopic (exact) mass is 307 g/mol. The van der Waals surface area contributed by atoms with Gasteiger partial charge in [0, 0.05) is 5.56 Å². The maximum atomic E-state index is 13.8. The molecule has 0 heterocycles. The summed E-state index contributed by atoms with van der Waals surface area (Å²) in [7, 11) is 1.63. The molecule has 1 atom stereocenters. The maximum absolute atomic E-state index is 13.8. The van der Waals surface area contributed by atoms with E-state index >= 15 is 0 Å². The summed E-state index contributed by atoms with van der Waals surface area (Å²) >= 11 is 6.16. The fourth-order valence-corrected chi connectivity index (χ4v) is 2.56. The summed E-state index contributed by atoms with van der Waals surface area (Å²) in [6.45, 7) is 2.88. The zero-order valence-corrected chi connectivity index (χ0v) is 13.0. The van der Waals surface area contributed by atoms with Gasteiger partial charge in [0.2, 0.25) is 0 Å². The highest BCUT2D eigenvalue weighted by Crippen LogP contribution is 2.34. The number of ether oxygens (including phenoxy) is 1. The molecule has 0 amide bonds. The Kier molecular flexibility index (Phi) is 5.59. The van der Waals surface area contributed by atoms with Gasteiger partial charge in [0.25, 0.3) is 0 Å². The standard InChI is InChI=1S/C17H19ClFNO/c1-3-11-20-17(12-7-4-5-10-15(12)21-2)13-8-6-9-14(19)16(13)18/h4-10,17,20H,3,11H2,1-2H3. The number of methoxy groups -OCH3 is 1. The molecule has 0 radical (unpaired) electrons. The lowest BCUT2D eigenvalue weighted by molar-refractivity contribution is 0.403. The second kappa shape index (κ2) is 7.43. The second-order valence-corrected chi connectivity index (χ2v) is 5.15. The number of para-hydroxylation sites is 1. The van der Waals surface area contributed by atoms with E-state index in [0.717, 1.165) is 29.8 Å². The molecule has 4 heteroatoms. The van der Waals surface area contributed by atoms with Crippen LogP contribution in [0.5, 0.6) is 5.75 Å². The molecule has 0 saturated carbocycles. The smallest absolute Gasteiger partial charge is 0.142 e. The Labute approximate surface area is 129 Å². The highest BCUT2D eigenvalue weighted by molar-refractivity contribution is 6.31. The molecule has 1 unspecified atom stereocenters. The van der Waals surface area contributed by atoms with Gasteiger partial charge in [0.1, 0.15) is 11.6 Å². The molecule has 0 fully saturated rings. The number of halogens is 2. The van der Waals surface area contributed by atoms with Crippen LogP contribution in [0.25, 0.3) is 0 Å². The lowest BCUT2D eigenvalue weighted by atomic mass is 9.97. The molecule has 0 aliphatic carbocycles. The van der Waals surface area contributed by atoms with E-state index < -0.39 is 5.82 Å². The molecule has 0 bridgehead atoms. The van der Waals surface area contributed by atoms with Crippen molar-refractivity contribution >= 4 is 11.6 Å². The van der Waals surface area contributed by atoms with E-state index in [2.05, 4.69) is 12.2 Å². The average Bonchev–Trinajstić information content (AvgIpc) is 2.52. The fourth-order valence-electron chi connectivity index (χ4n) is 2.32. The fraction of sp³-hybridized carbons (Fsp3) is 0.294. The molecule has 1 N–H and O–H groups in total. The van der Waals surface area contributed by atoms with E-state index in [4.69, 9.17) is 16.3 Å². The molecule has 0 spiro atoms. The van der Waals surface area contributed by atoms with Crippen LogP contribution >= 0.6 is 11.6 Å². The van der Waals surface area contributed by atoms with Crippen molar-refractivity contribution in [2.45, 2.75) is 19.4 Å². The zero-order chi connectivity index (χ0) is 15.2. The molecule has 112 valence electrons. The van der Waals surface area contributed by atoms with Crippen LogP contribution in [0.2, 0.25) is 5.02 Å². The van der Waals surface area contributed by atoms with E-state index in [1.807, 2.05) is 30.3 Å². The summed E-state index contributed by atoms with van der Waals surface area (Å²) in [5, 5.41) is 3.56. The largest absolute Gasteiger partial charge is 0.496 e. The van der Waals surface area contributed by atoms with Crippen LogP contribution in [-0.4, -0.2) is 13.7 Å². The third-order valence-electron chi connectivity index (χ3n) is 3.34. The lowest BCUT2D eigenvalue weighted by Gasteiger charge is -2.22. The van der Waals surface area contributed by atoms with Gasteiger partial charge in [-0.05, 0) is 30.7 Å². The van der Waals surface area contributed by atoms with Crippen molar-refractivity contribution in [3.05, 3.63) is 64.4 Å². The van der Waals surface area contributed by atoms with Crippen molar-refractivity contribution in [2.24, 2.45) is 0 Å². The molecule has 21 heavy (non-hydrogen) atoms. The van der Waals surface area contributed by atoms with Crippen molar-refractivity contribution in [1.82, 2.24) is 5.32 Å². The van der Waals surface area contributed by atoms with Gasteiger partial charge in [0.05, 0.1) is 18.2 Å². The lowest BCUT2D eigenvalue weighted by Crippen LogP contribution is -2.24. The predicted molar refractivity (Wildman–Crippen MR) is 84.5 cm³/mol. The van der Waals surface area contributed by atoms with Crippen molar-refractivity contribution < 1.29 is 9.13 Å². The summed E-state index contributed by atoms with van der Waals surface area (Å²) in [6, 6.07) is 12.4. The number of hydrogen-bond donors (Lipinski definition) is 1. The Balaban J connectivity index is 2.50. The molecule has 0 saturated heterocycles. The Morgan fingerprint density at radius 1 is 1.14 bits per heavy atom. The van der Waals surface area contributed by atoms with E-state index in [9.17, 15) is 4.39 Å². The first-order valence-electron chi connectivity index (χ1n) is 6.99. The second-order valence-electron chi connectivity index (χ2n) is 4.77. The van der Waals surface area contributed by atoms with E-state index in [1.165, 1.54) is 6.07 Å². The Morgan fingerprint density at radius 3 is 2.57 bits per heavy atom. The first kappa shape index (κ1) is 15.8. The van der Waals surface area contributed by atoms with Gasteiger partial charge in [-0.15, -0.1) is 0 Å². The van der Waals surface area contributed by atoms with E-state index in [1.54, 1.807) is 13.2 Å². The number of hydrogen-bond acceptors (Lipinski definition) is 2. The van der Waals surface area contributed by atoms with Gasteiger partial charge >= 0.3 is 0 Å². The van der Waals surface area contributed by atoms with E-state index in [-0.39, 0.29) is 11.1 Å². The molecule has 0 aliphatic rings. The highest BCUT2D eigenvalue weighted by atomic mass is 35.5. The van der Waals surface area contributed by atoms with Crippen LogP contribution in [0, 0.1) is 5.82 Å². The predicted octanol–water partition coefficient (Wildman–Crippen LogP) is 4.58. The number of nitrogens with one attached hydrogen (secondary N) is 1. The quantitative estimate of drug-likeness (QED) is 0.843. The maximum Gasteiger partial charge on any atom is 0.142 e. The van der Waals surface area contributed by atoms with Gasteiger partial charge in [-0.25, -0.2) is 4.39 Å². The van der Waals surface area contributed by atoms with Gasteiger partial charge in [0.15, 0.2) is 0 Å².